The predicted molar refractivity (Wildman–Crippen MR) is 99.8 cm³/mol. The van der Waals surface area contributed by atoms with Gasteiger partial charge in [-0.3, -0.25) is 4.79 Å². The highest BCUT2D eigenvalue weighted by atomic mass is 32.1. The molecule has 1 fully saturated rings. The molecule has 3 aromatic rings. The number of fused-ring (bicyclic) bond motifs is 1. The number of thiophene rings is 1. The van der Waals surface area contributed by atoms with E-state index in [1.165, 1.54) is 19.2 Å². The summed E-state index contributed by atoms with van der Waals surface area (Å²) < 4.78 is 18.1. The lowest BCUT2D eigenvalue weighted by Crippen LogP contribution is -2.37. The third kappa shape index (κ3) is 3.03. The van der Waals surface area contributed by atoms with E-state index in [4.69, 9.17) is 4.74 Å². The Morgan fingerprint density at radius 1 is 1.23 bits per heavy atom. The van der Waals surface area contributed by atoms with Gasteiger partial charge in [0.2, 0.25) is 0 Å². The Hall–Kier alpha value is -2.54. The fraction of sp³-hybridized carbons (Fsp3) is 0.316. The molecule has 2 aromatic heterocycles. The lowest BCUT2D eigenvalue weighted by molar-refractivity contribution is -0.146. The van der Waals surface area contributed by atoms with Crippen molar-refractivity contribution in [3.63, 3.8) is 0 Å². The van der Waals surface area contributed by atoms with Crippen LogP contribution >= 0.6 is 11.3 Å². The summed E-state index contributed by atoms with van der Waals surface area (Å²) in [6.07, 6.45) is 3.07. The lowest BCUT2D eigenvalue weighted by atomic mass is 9.96. The Balaban J connectivity index is 1.69. The maximum Gasteiger partial charge on any atom is 0.308 e. The number of rotatable bonds is 3. The molecule has 7 heteroatoms. The number of nitrogens with zero attached hydrogens (tertiary/aromatic N) is 3. The molecular formula is C19H18FN3O2S. The third-order valence-corrected chi connectivity index (χ3v) is 5.72. The molecule has 1 aromatic carbocycles. The van der Waals surface area contributed by atoms with Crippen molar-refractivity contribution in [2.24, 2.45) is 5.92 Å². The summed E-state index contributed by atoms with van der Waals surface area (Å²) in [7, 11) is 1.43. The largest absolute Gasteiger partial charge is 0.469 e. The van der Waals surface area contributed by atoms with Gasteiger partial charge in [-0.2, -0.15) is 0 Å². The number of piperidine rings is 1. The van der Waals surface area contributed by atoms with Crippen LogP contribution in [0.4, 0.5) is 10.2 Å². The number of carbonyl (C=O) groups is 1. The Labute approximate surface area is 154 Å². The highest BCUT2D eigenvalue weighted by Gasteiger charge is 2.27. The Bertz CT molecular complexity index is 934. The first-order valence-electron chi connectivity index (χ1n) is 8.48. The molecule has 0 radical (unpaired) electrons. The Kier molecular flexibility index (Phi) is 4.55. The molecular weight excluding hydrogens is 353 g/mol. The second-order valence-corrected chi connectivity index (χ2v) is 7.18. The van der Waals surface area contributed by atoms with Gasteiger partial charge in [0.1, 0.15) is 22.8 Å². The fourth-order valence-electron chi connectivity index (χ4n) is 3.43. The Morgan fingerprint density at radius 2 is 1.96 bits per heavy atom. The molecule has 0 N–H and O–H groups in total. The smallest absolute Gasteiger partial charge is 0.308 e. The number of halogens is 1. The van der Waals surface area contributed by atoms with E-state index < -0.39 is 0 Å². The second-order valence-electron chi connectivity index (χ2n) is 6.32. The number of carbonyl (C=O) groups excluding carboxylic acids is 1. The van der Waals surface area contributed by atoms with Crippen molar-refractivity contribution in [1.29, 1.82) is 0 Å². The van der Waals surface area contributed by atoms with Crippen molar-refractivity contribution in [2.75, 3.05) is 25.1 Å². The zero-order valence-electron chi connectivity index (χ0n) is 14.3. The molecule has 0 bridgehead atoms. The van der Waals surface area contributed by atoms with Gasteiger partial charge >= 0.3 is 5.97 Å². The molecule has 1 aliphatic heterocycles. The normalized spacial score (nSPS) is 15.4. The molecule has 0 aliphatic carbocycles. The first-order chi connectivity index (χ1) is 12.7. The van der Waals surface area contributed by atoms with Gasteiger partial charge in [-0.1, -0.05) is 12.1 Å². The van der Waals surface area contributed by atoms with Crippen LogP contribution < -0.4 is 4.90 Å². The van der Waals surface area contributed by atoms with Gasteiger partial charge in [-0.05, 0) is 30.5 Å². The van der Waals surface area contributed by atoms with E-state index >= 15 is 0 Å². The molecule has 0 saturated carbocycles. The minimum Gasteiger partial charge on any atom is -0.469 e. The fourth-order valence-corrected chi connectivity index (χ4v) is 4.35. The second kappa shape index (κ2) is 6.99. The summed E-state index contributed by atoms with van der Waals surface area (Å²) in [6.45, 7) is 1.48. The summed E-state index contributed by atoms with van der Waals surface area (Å²) in [5, 5.41) is 3.03. The maximum absolute atomic E-state index is 13.3. The zero-order chi connectivity index (χ0) is 18.1. The van der Waals surface area contributed by atoms with Crippen LogP contribution in [-0.2, 0) is 9.53 Å². The molecule has 5 nitrogen and oxygen atoms in total. The van der Waals surface area contributed by atoms with Crippen molar-refractivity contribution >= 4 is 33.3 Å². The standard InChI is InChI=1S/C19H18FN3O2S/c1-25-19(24)13-6-8-23(9-7-13)17-16-15(10-26-18(16)22-11-21-17)12-2-4-14(20)5-3-12/h2-5,10-11,13H,6-9H2,1H3. The average molecular weight is 371 g/mol. The van der Waals surface area contributed by atoms with Gasteiger partial charge < -0.3 is 9.64 Å². The van der Waals surface area contributed by atoms with Crippen molar-refractivity contribution in [3.8, 4) is 11.1 Å². The number of esters is 1. The van der Waals surface area contributed by atoms with Gasteiger partial charge in [-0.15, -0.1) is 11.3 Å². The summed E-state index contributed by atoms with van der Waals surface area (Å²) in [6, 6.07) is 6.47. The first kappa shape index (κ1) is 16.9. The molecule has 4 rings (SSSR count). The number of ether oxygens (including phenoxy) is 1. The van der Waals surface area contributed by atoms with E-state index in [0.29, 0.717) is 0 Å². The number of hydrogen-bond donors (Lipinski definition) is 0. The van der Waals surface area contributed by atoms with Crippen LogP contribution in [0.25, 0.3) is 21.3 Å². The van der Waals surface area contributed by atoms with E-state index in [-0.39, 0.29) is 17.7 Å². The van der Waals surface area contributed by atoms with Crippen molar-refractivity contribution < 1.29 is 13.9 Å². The first-order valence-corrected chi connectivity index (χ1v) is 9.36. The Morgan fingerprint density at radius 3 is 2.65 bits per heavy atom. The van der Waals surface area contributed by atoms with Crippen LogP contribution in [0.2, 0.25) is 0 Å². The maximum atomic E-state index is 13.3. The van der Waals surface area contributed by atoms with Gasteiger partial charge in [0.05, 0.1) is 18.4 Å². The molecule has 1 saturated heterocycles. The SMILES string of the molecule is COC(=O)C1CCN(c2ncnc3scc(-c4ccc(F)cc4)c23)CC1. The number of aromatic nitrogens is 2. The summed E-state index contributed by atoms with van der Waals surface area (Å²) in [5.74, 6) is 0.432. The van der Waals surface area contributed by atoms with E-state index in [1.807, 2.05) is 5.38 Å². The number of hydrogen-bond acceptors (Lipinski definition) is 6. The molecule has 0 spiro atoms. The van der Waals surface area contributed by atoms with Crippen LogP contribution in [-0.4, -0.2) is 36.1 Å². The van der Waals surface area contributed by atoms with Crippen LogP contribution in [0.1, 0.15) is 12.8 Å². The number of anilines is 1. The van der Waals surface area contributed by atoms with E-state index in [9.17, 15) is 9.18 Å². The highest BCUT2D eigenvalue weighted by Crippen LogP contribution is 2.38. The van der Waals surface area contributed by atoms with Gasteiger partial charge in [-0.25, -0.2) is 14.4 Å². The van der Waals surface area contributed by atoms with Crippen LogP contribution in [0.5, 0.6) is 0 Å². The van der Waals surface area contributed by atoms with Crippen molar-refractivity contribution in [3.05, 3.63) is 41.8 Å². The summed E-state index contributed by atoms with van der Waals surface area (Å²) in [5.41, 5.74) is 1.95. The number of benzene rings is 1. The van der Waals surface area contributed by atoms with Gasteiger partial charge in [0.15, 0.2) is 0 Å². The highest BCUT2D eigenvalue weighted by molar-refractivity contribution is 7.17. The molecule has 0 unspecified atom stereocenters. The summed E-state index contributed by atoms with van der Waals surface area (Å²) >= 11 is 1.55. The van der Waals surface area contributed by atoms with Crippen LogP contribution in [0.15, 0.2) is 36.0 Å². The van der Waals surface area contributed by atoms with Crippen molar-refractivity contribution in [2.45, 2.75) is 12.8 Å². The third-order valence-electron chi connectivity index (χ3n) is 4.83. The van der Waals surface area contributed by atoms with Crippen LogP contribution in [0, 0.1) is 11.7 Å². The monoisotopic (exact) mass is 371 g/mol. The quantitative estimate of drug-likeness (QED) is 0.654. The number of methoxy groups -OCH3 is 1. The zero-order valence-corrected chi connectivity index (χ0v) is 15.1. The van der Waals surface area contributed by atoms with Gasteiger partial charge in [0, 0.05) is 24.0 Å². The molecule has 134 valence electrons. The lowest BCUT2D eigenvalue weighted by Gasteiger charge is -2.32. The van der Waals surface area contributed by atoms with E-state index in [2.05, 4.69) is 14.9 Å². The molecule has 1 aliphatic rings. The minimum absolute atomic E-state index is 0.0485. The van der Waals surface area contributed by atoms with Crippen LogP contribution in [0.3, 0.4) is 0 Å². The molecule has 0 atom stereocenters. The van der Waals surface area contributed by atoms with Gasteiger partial charge in [0.25, 0.3) is 0 Å². The molecule has 26 heavy (non-hydrogen) atoms. The minimum atomic E-state index is -0.255. The van der Waals surface area contributed by atoms with E-state index in [1.54, 1.807) is 29.8 Å². The topological polar surface area (TPSA) is 55.3 Å². The average Bonchev–Trinajstić information content (AvgIpc) is 3.12. The molecule has 3 heterocycles. The predicted octanol–water partition coefficient (Wildman–Crippen LogP) is 3.89. The summed E-state index contributed by atoms with van der Waals surface area (Å²) in [4.78, 5) is 23.8. The van der Waals surface area contributed by atoms with Crippen molar-refractivity contribution in [1.82, 2.24) is 9.97 Å². The molecule has 0 amide bonds. The van der Waals surface area contributed by atoms with E-state index in [0.717, 1.165) is 53.1 Å².